The summed E-state index contributed by atoms with van der Waals surface area (Å²) in [5.74, 6) is -0.449. The van der Waals surface area contributed by atoms with Crippen molar-refractivity contribution in [3.63, 3.8) is 0 Å². The number of aromatic hydroxyl groups is 2. The van der Waals surface area contributed by atoms with Gasteiger partial charge in [0.2, 0.25) is 0 Å². The Balaban J connectivity index is 1.85. The molecule has 0 aliphatic carbocycles. The predicted molar refractivity (Wildman–Crippen MR) is 92.0 cm³/mol. The first-order valence-corrected chi connectivity index (χ1v) is 7.27. The van der Waals surface area contributed by atoms with Gasteiger partial charge >= 0.3 is 11.3 Å². The van der Waals surface area contributed by atoms with Gasteiger partial charge in [0.25, 0.3) is 0 Å². The fraction of sp³-hybridized carbons (Fsp3) is 0. The molecule has 2 heterocycles. The van der Waals surface area contributed by atoms with E-state index in [0.29, 0.717) is 16.4 Å². The molecule has 0 bridgehead atoms. The van der Waals surface area contributed by atoms with E-state index in [1.165, 1.54) is 12.1 Å². The van der Waals surface area contributed by atoms with Crippen LogP contribution in [0.4, 0.5) is 5.69 Å². The van der Waals surface area contributed by atoms with Crippen LogP contribution < -0.4 is 11.3 Å². The minimum atomic E-state index is -0.754. The van der Waals surface area contributed by atoms with Crippen molar-refractivity contribution in [2.24, 2.45) is 4.99 Å². The van der Waals surface area contributed by atoms with Gasteiger partial charge in [-0.05, 0) is 18.2 Å². The van der Waals surface area contributed by atoms with Crippen LogP contribution in [-0.2, 0) is 0 Å². The number of aromatic nitrogens is 2. The molecule has 0 saturated heterocycles. The summed E-state index contributed by atoms with van der Waals surface area (Å²) in [7, 11) is 0. The lowest BCUT2D eigenvalue weighted by molar-refractivity contribution is 0.466. The molecule has 0 radical (unpaired) electrons. The molecule has 4 aromatic rings. The van der Waals surface area contributed by atoms with E-state index in [2.05, 4.69) is 15.0 Å². The third-order valence-electron chi connectivity index (χ3n) is 3.76. The number of benzene rings is 2. The van der Waals surface area contributed by atoms with E-state index < -0.39 is 11.3 Å². The topological polar surface area (TPSA) is 132 Å². The number of para-hydroxylation sites is 1. The summed E-state index contributed by atoms with van der Waals surface area (Å²) in [4.78, 5) is 32.4. The number of phenolic OH excluding ortho intramolecular Hbond substituents is 1. The van der Waals surface area contributed by atoms with Crippen molar-refractivity contribution in [3.8, 4) is 11.5 Å². The van der Waals surface area contributed by atoms with Crippen LogP contribution in [0.3, 0.4) is 0 Å². The van der Waals surface area contributed by atoms with Crippen LogP contribution >= 0.6 is 0 Å². The summed E-state index contributed by atoms with van der Waals surface area (Å²) in [6, 6.07) is 9.34. The zero-order valence-electron chi connectivity index (χ0n) is 12.6. The zero-order valence-corrected chi connectivity index (χ0v) is 12.6. The Labute approximate surface area is 138 Å². The van der Waals surface area contributed by atoms with E-state index in [1.807, 2.05) is 0 Å². The lowest BCUT2D eigenvalue weighted by Crippen LogP contribution is -2.06. The number of fused-ring (bicyclic) bond motifs is 2. The van der Waals surface area contributed by atoms with Gasteiger partial charge in [-0.2, -0.15) is 0 Å². The van der Waals surface area contributed by atoms with Gasteiger partial charge in [-0.25, -0.2) is 9.59 Å². The molecule has 2 aromatic carbocycles. The molecule has 25 heavy (non-hydrogen) atoms. The Morgan fingerprint density at radius 1 is 1.04 bits per heavy atom. The highest BCUT2D eigenvalue weighted by atomic mass is 16.4. The van der Waals surface area contributed by atoms with Gasteiger partial charge in [0.05, 0.1) is 16.4 Å². The van der Waals surface area contributed by atoms with Crippen molar-refractivity contribution in [2.75, 3.05) is 0 Å². The van der Waals surface area contributed by atoms with Gasteiger partial charge in [-0.3, -0.25) is 4.99 Å². The highest BCUT2D eigenvalue weighted by Crippen LogP contribution is 2.30. The van der Waals surface area contributed by atoms with E-state index in [1.54, 1.807) is 24.3 Å². The van der Waals surface area contributed by atoms with Crippen LogP contribution in [0.1, 0.15) is 5.56 Å². The number of H-pyrrole nitrogens is 2. The van der Waals surface area contributed by atoms with E-state index in [-0.39, 0.29) is 28.3 Å². The van der Waals surface area contributed by atoms with Gasteiger partial charge in [-0.1, -0.05) is 12.1 Å². The third kappa shape index (κ3) is 2.45. The van der Waals surface area contributed by atoms with Gasteiger partial charge < -0.3 is 24.6 Å². The van der Waals surface area contributed by atoms with Crippen LogP contribution in [0, 0.1) is 0 Å². The quantitative estimate of drug-likeness (QED) is 0.329. The minimum absolute atomic E-state index is 0.120. The Bertz CT molecular complexity index is 1260. The molecule has 8 nitrogen and oxygen atoms in total. The second-order valence-electron chi connectivity index (χ2n) is 5.37. The van der Waals surface area contributed by atoms with Crippen molar-refractivity contribution in [2.45, 2.75) is 0 Å². The molecule has 0 fully saturated rings. The van der Waals surface area contributed by atoms with Gasteiger partial charge in [0, 0.05) is 12.3 Å². The maximum absolute atomic E-state index is 12.0. The number of hydrogen-bond donors (Lipinski definition) is 4. The minimum Gasteiger partial charge on any atom is -0.506 e. The first-order chi connectivity index (χ1) is 12.0. The molecular formula is C17H11N3O5. The van der Waals surface area contributed by atoms with E-state index >= 15 is 0 Å². The molecule has 4 N–H and O–H groups in total. The van der Waals surface area contributed by atoms with Crippen LogP contribution in [0.15, 0.2) is 55.4 Å². The Morgan fingerprint density at radius 2 is 1.76 bits per heavy atom. The molecule has 0 spiro atoms. The largest absolute Gasteiger partial charge is 0.506 e. The Hall–Kier alpha value is -3.81. The van der Waals surface area contributed by atoms with Crippen LogP contribution in [0.2, 0.25) is 0 Å². The Kier molecular flexibility index (Phi) is 3.17. The molecule has 0 aliphatic rings. The monoisotopic (exact) mass is 337 g/mol. The van der Waals surface area contributed by atoms with Crippen LogP contribution in [0.5, 0.6) is 11.5 Å². The normalized spacial score (nSPS) is 11.7. The molecule has 8 heteroatoms. The summed E-state index contributed by atoms with van der Waals surface area (Å²) >= 11 is 0. The molecule has 0 amide bonds. The first-order valence-electron chi connectivity index (χ1n) is 7.27. The highest BCUT2D eigenvalue weighted by Gasteiger charge is 2.12. The fourth-order valence-electron chi connectivity index (χ4n) is 2.56. The molecule has 0 aliphatic heterocycles. The summed E-state index contributed by atoms with van der Waals surface area (Å²) in [5, 5.41) is 20.7. The standard InChI is InChI=1S/C17H11N3O5/c21-13-6-11-10(19-17(24)20-11)5-12(13)18-7-9-15(22)8-3-1-2-4-14(8)25-16(9)23/h1-7,21-22H,(H2,19,20,24). The number of phenols is 1. The second kappa shape index (κ2) is 5.38. The smallest absolute Gasteiger partial charge is 0.348 e. The van der Waals surface area contributed by atoms with E-state index in [9.17, 15) is 19.8 Å². The molecule has 4 rings (SSSR count). The van der Waals surface area contributed by atoms with E-state index in [4.69, 9.17) is 4.42 Å². The number of aliphatic imine (C=N–C) groups is 1. The fourth-order valence-corrected chi connectivity index (χ4v) is 2.56. The average Bonchev–Trinajstić information content (AvgIpc) is 2.93. The number of aromatic amines is 2. The molecule has 0 atom stereocenters. The van der Waals surface area contributed by atoms with Crippen molar-refractivity contribution < 1.29 is 14.6 Å². The van der Waals surface area contributed by atoms with Crippen molar-refractivity contribution in [3.05, 3.63) is 62.9 Å². The third-order valence-corrected chi connectivity index (χ3v) is 3.76. The summed E-state index contributed by atoms with van der Waals surface area (Å²) in [5.41, 5.74) is -0.0510. The van der Waals surface area contributed by atoms with Gasteiger partial charge in [-0.15, -0.1) is 0 Å². The lowest BCUT2D eigenvalue weighted by atomic mass is 10.1. The van der Waals surface area contributed by atoms with Crippen molar-refractivity contribution in [1.82, 2.24) is 9.97 Å². The SMILES string of the molecule is O=c1[nH]c2cc(O)c(N=Cc3c(O)c4ccccc4oc3=O)cc2[nH]1. The van der Waals surface area contributed by atoms with Crippen molar-refractivity contribution >= 4 is 33.9 Å². The Morgan fingerprint density at radius 3 is 2.56 bits per heavy atom. The summed E-state index contributed by atoms with van der Waals surface area (Å²) in [6.45, 7) is 0. The van der Waals surface area contributed by atoms with Crippen LogP contribution in [0.25, 0.3) is 22.0 Å². The highest BCUT2D eigenvalue weighted by molar-refractivity contribution is 5.95. The average molecular weight is 337 g/mol. The molecule has 0 unspecified atom stereocenters. The second-order valence-corrected chi connectivity index (χ2v) is 5.37. The number of nitrogens with zero attached hydrogens (tertiary/aromatic N) is 1. The predicted octanol–water partition coefficient (Wildman–Crippen LogP) is 2.12. The van der Waals surface area contributed by atoms with Gasteiger partial charge in [0.15, 0.2) is 0 Å². The van der Waals surface area contributed by atoms with Crippen molar-refractivity contribution in [1.29, 1.82) is 0 Å². The zero-order chi connectivity index (χ0) is 17.6. The molecule has 0 saturated carbocycles. The number of imidazole rings is 1. The first kappa shape index (κ1) is 14.8. The maximum Gasteiger partial charge on any atom is 0.348 e. The number of rotatable bonds is 2. The van der Waals surface area contributed by atoms with E-state index in [0.717, 1.165) is 6.21 Å². The number of hydrogen-bond acceptors (Lipinski definition) is 6. The maximum atomic E-state index is 12.0. The van der Waals surface area contributed by atoms with Crippen LogP contribution in [-0.4, -0.2) is 26.4 Å². The number of nitrogens with one attached hydrogen (secondary N) is 2. The van der Waals surface area contributed by atoms with Gasteiger partial charge in [0.1, 0.15) is 28.3 Å². The molecule has 124 valence electrons. The summed E-state index contributed by atoms with van der Waals surface area (Å²) < 4.78 is 5.14. The molecular weight excluding hydrogens is 326 g/mol. The summed E-state index contributed by atoms with van der Waals surface area (Å²) in [6.07, 6.45) is 1.11. The molecule has 2 aromatic heterocycles. The lowest BCUT2D eigenvalue weighted by Gasteiger charge is -2.03.